The number of rotatable bonds is 4. The Hall–Kier alpha value is -3.06. The monoisotopic (exact) mass is 390 g/mol. The Kier molecular flexibility index (Phi) is 3.98. The smallest absolute Gasteiger partial charge is 0.259 e. The molecule has 1 aliphatic carbocycles. The summed E-state index contributed by atoms with van der Waals surface area (Å²) < 4.78 is 5.34. The molecule has 28 heavy (non-hydrogen) atoms. The molecule has 0 atom stereocenters. The van der Waals surface area contributed by atoms with Gasteiger partial charge < -0.3 is 9.84 Å². The lowest BCUT2D eigenvalue weighted by Crippen LogP contribution is -2.13. The number of hydrogen-bond acceptors (Lipinski definition) is 6. The van der Waals surface area contributed by atoms with Crippen molar-refractivity contribution in [1.29, 1.82) is 0 Å². The molecule has 4 aromatic rings. The normalized spacial score (nSPS) is 13.8. The van der Waals surface area contributed by atoms with Crippen molar-refractivity contribution in [2.24, 2.45) is 0 Å². The van der Waals surface area contributed by atoms with E-state index in [2.05, 4.69) is 20.4 Å². The first-order valence-corrected chi connectivity index (χ1v) is 10.1. The highest BCUT2D eigenvalue weighted by Gasteiger charge is 2.28. The lowest BCUT2D eigenvalue weighted by molar-refractivity contribution is 0.102. The zero-order valence-corrected chi connectivity index (χ0v) is 16.3. The zero-order valence-electron chi connectivity index (χ0n) is 15.5. The third-order valence-electron chi connectivity index (χ3n) is 4.91. The number of hydrogen-bond donors (Lipinski definition) is 1. The number of carbonyl (C=O) groups is 1. The molecule has 0 saturated heterocycles. The summed E-state index contributed by atoms with van der Waals surface area (Å²) in [5, 5.41) is 10.7. The van der Waals surface area contributed by atoms with Gasteiger partial charge in [-0.25, -0.2) is 9.97 Å². The Bertz CT molecular complexity index is 1210. The number of aromatic nitrogens is 3. The Morgan fingerprint density at radius 3 is 2.82 bits per heavy atom. The number of anilines is 1. The van der Waals surface area contributed by atoms with Gasteiger partial charge in [0.05, 0.1) is 27.3 Å². The van der Waals surface area contributed by atoms with Crippen LogP contribution in [0.1, 0.15) is 45.5 Å². The Labute approximate surface area is 165 Å². The number of nitrogens with one attached hydrogen (secondary N) is 1. The molecule has 1 fully saturated rings. The first-order valence-electron chi connectivity index (χ1n) is 9.19. The molecule has 6 nitrogen and oxygen atoms in total. The molecule has 0 radical (unpaired) electrons. The maximum atomic E-state index is 13.1. The SMILES string of the molecule is Cc1nc(-c2cccc(NC(=O)c3cc(C4CC4)nc4onc(C)c34)c2)cs1. The van der Waals surface area contributed by atoms with E-state index in [1.54, 1.807) is 11.3 Å². The van der Waals surface area contributed by atoms with Gasteiger partial charge in [-0.1, -0.05) is 17.3 Å². The van der Waals surface area contributed by atoms with Crippen LogP contribution in [0.5, 0.6) is 0 Å². The minimum absolute atomic E-state index is 0.188. The van der Waals surface area contributed by atoms with Gasteiger partial charge >= 0.3 is 0 Å². The number of aryl methyl sites for hydroxylation is 2. The van der Waals surface area contributed by atoms with Crippen molar-refractivity contribution in [2.45, 2.75) is 32.6 Å². The Balaban J connectivity index is 1.50. The van der Waals surface area contributed by atoms with Crippen molar-refractivity contribution in [3.05, 3.63) is 57.7 Å². The fourth-order valence-corrected chi connectivity index (χ4v) is 3.95. The first-order chi connectivity index (χ1) is 13.6. The van der Waals surface area contributed by atoms with Gasteiger partial charge in [0.15, 0.2) is 0 Å². The second kappa shape index (κ2) is 6.53. The van der Waals surface area contributed by atoms with Crippen LogP contribution in [0.15, 0.2) is 40.2 Å². The maximum Gasteiger partial charge on any atom is 0.259 e. The molecule has 0 unspecified atom stereocenters. The van der Waals surface area contributed by atoms with Gasteiger partial charge in [-0.2, -0.15) is 0 Å². The van der Waals surface area contributed by atoms with Crippen LogP contribution in [-0.4, -0.2) is 21.0 Å². The summed E-state index contributed by atoms with van der Waals surface area (Å²) >= 11 is 1.61. The van der Waals surface area contributed by atoms with Gasteiger partial charge in [-0.05, 0) is 44.9 Å². The molecule has 5 rings (SSSR count). The van der Waals surface area contributed by atoms with Gasteiger partial charge in [0, 0.05) is 28.2 Å². The number of benzene rings is 1. The summed E-state index contributed by atoms with van der Waals surface area (Å²) in [6.45, 7) is 3.81. The second-order valence-electron chi connectivity index (χ2n) is 7.10. The summed E-state index contributed by atoms with van der Waals surface area (Å²) in [7, 11) is 0. The highest BCUT2D eigenvalue weighted by Crippen LogP contribution is 2.40. The maximum absolute atomic E-state index is 13.1. The Morgan fingerprint density at radius 1 is 1.21 bits per heavy atom. The number of fused-ring (bicyclic) bond motifs is 1. The molecule has 1 aromatic carbocycles. The fourth-order valence-electron chi connectivity index (χ4n) is 3.33. The van der Waals surface area contributed by atoms with Crippen LogP contribution >= 0.6 is 11.3 Å². The molecular formula is C21H18N4O2S. The third kappa shape index (κ3) is 3.07. The van der Waals surface area contributed by atoms with E-state index >= 15 is 0 Å². The van der Waals surface area contributed by atoms with Crippen molar-refractivity contribution in [1.82, 2.24) is 15.1 Å². The lowest BCUT2D eigenvalue weighted by Gasteiger charge is -2.09. The molecule has 1 saturated carbocycles. The fraction of sp³-hybridized carbons (Fsp3) is 0.238. The molecule has 1 aliphatic rings. The summed E-state index contributed by atoms with van der Waals surface area (Å²) in [6.07, 6.45) is 2.20. The van der Waals surface area contributed by atoms with Gasteiger partial charge in [-0.3, -0.25) is 4.79 Å². The van der Waals surface area contributed by atoms with E-state index in [1.165, 1.54) is 0 Å². The summed E-state index contributed by atoms with van der Waals surface area (Å²) in [6, 6.07) is 9.60. The van der Waals surface area contributed by atoms with Gasteiger partial charge in [0.2, 0.25) is 0 Å². The number of nitrogens with zero attached hydrogens (tertiary/aromatic N) is 3. The predicted molar refractivity (Wildman–Crippen MR) is 109 cm³/mol. The van der Waals surface area contributed by atoms with Crippen molar-refractivity contribution in [3.63, 3.8) is 0 Å². The number of pyridine rings is 1. The van der Waals surface area contributed by atoms with E-state index in [9.17, 15) is 4.79 Å². The molecule has 0 bridgehead atoms. The zero-order chi connectivity index (χ0) is 19.3. The van der Waals surface area contributed by atoms with Crippen molar-refractivity contribution in [3.8, 4) is 11.3 Å². The van der Waals surface area contributed by atoms with Gasteiger partial charge in [0.1, 0.15) is 0 Å². The van der Waals surface area contributed by atoms with E-state index in [1.807, 2.05) is 49.6 Å². The van der Waals surface area contributed by atoms with E-state index in [0.717, 1.165) is 40.5 Å². The number of amides is 1. The van der Waals surface area contributed by atoms with E-state index < -0.39 is 0 Å². The molecule has 1 amide bonds. The van der Waals surface area contributed by atoms with Crippen LogP contribution < -0.4 is 5.32 Å². The van der Waals surface area contributed by atoms with E-state index in [0.29, 0.717) is 28.3 Å². The van der Waals surface area contributed by atoms with Crippen LogP contribution in [0.3, 0.4) is 0 Å². The van der Waals surface area contributed by atoms with Crippen LogP contribution in [-0.2, 0) is 0 Å². The van der Waals surface area contributed by atoms with Crippen LogP contribution in [0, 0.1) is 13.8 Å². The highest BCUT2D eigenvalue weighted by molar-refractivity contribution is 7.09. The molecule has 0 spiro atoms. The van der Waals surface area contributed by atoms with Crippen LogP contribution in [0.2, 0.25) is 0 Å². The largest absolute Gasteiger partial charge is 0.336 e. The average Bonchev–Trinajstić information content (AvgIpc) is 3.36. The summed E-state index contributed by atoms with van der Waals surface area (Å²) in [4.78, 5) is 22.2. The molecule has 7 heteroatoms. The minimum atomic E-state index is -0.188. The topological polar surface area (TPSA) is 80.9 Å². The molecule has 140 valence electrons. The minimum Gasteiger partial charge on any atom is -0.336 e. The first kappa shape index (κ1) is 17.1. The van der Waals surface area contributed by atoms with Gasteiger partial charge in [-0.15, -0.1) is 11.3 Å². The number of carbonyl (C=O) groups excluding carboxylic acids is 1. The standard InChI is InChI=1S/C21H18N4O2S/c1-11-19-16(9-17(13-6-7-13)24-21(19)27-25-11)20(26)23-15-5-3-4-14(8-15)18-10-28-12(2)22-18/h3-5,8-10,13H,6-7H2,1-2H3,(H,23,26). The molecular weight excluding hydrogens is 372 g/mol. The predicted octanol–water partition coefficient (Wildman–Crippen LogP) is 5.09. The van der Waals surface area contributed by atoms with E-state index in [-0.39, 0.29) is 5.91 Å². The third-order valence-corrected chi connectivity index (χ3v) is 5.69. The van der Waals surface area contributed by atoms with Crippen molar-refractivity contribution >= 4 is 34.0 Å². The summed E-state index contributed by atoms with van der Waals surface area (Å²) in [5.74, 6) is 0.227. The van der Waals surface area contributed by atoms with Crippen molar-refractivity contribution in [2.75, 3.05) is 5.32 Å². The van der Waals surface area contributed by atoms with Gasteiger partial charge in [0.25, 0.3) is 11.6 Å². The second-order valence-corrected chi connectivity index (χ2v) is 8.17. The van der Waals surface area contributed by atoms with E-state index in [4.69, 9.17) is 4.52 Å². The Morgan fingerprint density at radius 2 is 2.07 bits per heavy atom. The number of thiazole rings is 1. The molecule has 0 aliphatic heterocycles. The average molecular weight is 390 g/mol. The highest BCUT2D eigenvalue weighted by atomic mass is 32.1. The quantitative estimate of drug-likeness (QED) is 0.525. The van der Waals surface area contributed by atoms with Crippen molar-refractivity contribution < 1.29 is 9.32 Å². The lowest BCUT2D eigenvalue weighted by atomic mass is 10.1. The molecule has 3 aromatic heterocycles. The summed E-state index contributed by atoms with van der Waals surface area (Å²) in [5.41, 5.74) is 5.17. The van der Waals surface area contributed by atoms with Crippen LogP contribution in [0.25, 0.3) is 22.4 Å². The van der Waals surface area contributed by atoms with Crippen LogP contribution in [0.4, 0.5) is 5.69 Å². The molecule has 3 heterocycles. The molecule has 1 N–H and O–H groups in total.